The molecule has 0 radical (unpaired) electrons. The fourth-order valence-electron chi connectivity index (χ4n) is 3.68. The molecule has 0 atom stereocenters. The van der Waals surface area contributed by atoms with Crippen molar-refractivity contribution in [2.45, 2.75) is 40.0 Å². The number of H-pyrrole nitrogens is 1. The Morgan fingerprint density at radius 3 is 2.59 bits per heavy atom. The third-order valence-corrected chi connectivity index (χ3v) is 5.63. The highest BCUT2D eigenvalue weighted by molar-refractivity contribution is 5.83. The maximum Gasteiger partial charge on any atom is 0.251 e. The van der Waals surface area contributed by atoms with Crippen LogP contribution in [0.1, 0.15) is 36.5 Å². The van der Waals surface area contributed by atoms with E-state index in [1.165, 1.54) is 0 Å². The van der Waals surface area contributed by atoms with Crippen LogP contribution in [-0.2, 0) is 16.0 Å². The Hall–Kier alpha value is -2.63. The molecule has 144 valence electrons. The number of aromatic amines is 1. The molecular weight excluding hydrogens is 342 g/mol. The van der Waals surface area contributed by atoms with Gasteiger partial charge in [-0.1, -0.05) is 12.1 Å². The van der Waals surface area contributed by atoms with Crippen LogP contribution in [0.15, 0.2) is 23.0 Å². The number of pyridine rings is 1. The molecule has 1 aromatic heterocycles. The summed E-state index contributed by atoms with van der Waals surface area (Å²) in [5.41, 5.74) is 3.69. The van der Waals surface area contributed by atoms with Gasteiger partial charge in [0.2, 0.25) is 11.8 Å². The summed E-state index contributed by atoms with van der Waals surface area (Å²) in [7, 11) is 0. The molecule has 1 saturated heterocycles. The van der Waals surface area contributed by atoms with Gasteiger partial charge in [0.25, 0.3) is 5.56 Å². The zero-order valence-electron chi connectivity index (χ0n) is 16.2. The van der Waals surface area contributed by atoms with Crippen molar-refractivity contribution in [3.63, 3.8) is 0 Å². The molecule has 0 saturated carbocycles. The largest absolute Gasteiger partial charge is 0.356 e. The van der Waals surface area contributed by atoms with Gasteiger partial charge < -0.3 is 15.2 Å². The number of rotatable bonds is 4. The van der Waals surface area contributed by atoms with Gasteiger partial charge in [-0.05, 0) is 55.7 Å². The van der Waals surface area contributed by atoms with Crippen molar-refractivity contribution in [2.24, 2.45) is 5.92 Å². The molecule has 0 spiro atoms. The van der Waals surface area contributed by atoms with Crippen LogP contribution in [0.25, 0.3) is 10.9 Å². The van der Waals surface area contributed by atoms with E-state index in [4.69, 9.17) is 0 Å². The van der Waals surface area contributed by atoms with Crippen molar-refractivity contribution in [1.82, 2.24) is 15.2 Å². The first-order valence-corrected chi connectivity index (χ1v) is 9.52. The first-order chi connectivity index (χ1) is 12.9. The number of hydrogen-bond acceptors (Lipinski definition) is 3. The van der Waals surface area contributed by atoms with E-state index in [2.05, 4.69) is 16.4 Å². The number of aryl methyl sites for hydroxylation is 2. The number of nitrogens with one attached hydrogen (secondary N) is 2. The summed E-state index contributed by atoms with van der Waals surface area (Å²) < 4.78 is 0. The van der Waals surface area contributed by atoms with Crippen molar-refractivity contribution in [3.05, 3.63) is 45.2 Å². The third-order valence-electron chi connectivity index (χ3n) is 5.63. The van der Waals surface area contributed by atoms with Crippen LogP contribution in [0.3, 0.4) is 0 Å². The lowest BCUT2D eigenvalue weighted by atomic mass is 9.96. The molecule has 2 heterocycles. The highest BCUT2D eigenvalue weighted by atomic mass is 16.2. The summed E-state index contributed by atoms with van der Waals surface area (Å²) in [4.78, 5) is 40.8. The molecule has 2 aromatic rings. The lowest BCUT2D eigenvalue weighted by Gasteiger charge is -2.30. The minimum atomic E-state index is -0.0970. The second-order valence-corrected chi connectivity index (χ2v) is 7.42. The monoisotopic (exact) mass is 369 g/mol. The minimum absolute atomic E-state index is 0.0156. The topological polar surface area (TPSA) is 82.3 Å². The van der Waals surface area contributed by atoms with E-state index in [9.17, 15) is 14.4 Å². The second-order valence-electron chi connectivity index (χ2n) is 7.42. The summed E-state index contributed by atoms with van der Waals surface area (Å²) in [6.07, 6.45) is 1.89. The van der Waals surface area contributed by atoms with Crippen LogP contribution < -0.4 is 10.9 Å². The molecule has 27 heavy (non-hydrogen) atoms. The highest BCUT2D eigenvalue weighted by Gasteiger charge is 2.25. The Morgan fingerprint density at radius 1 is 1.22 bits per heavy atom. The Labute approximate surface area is 159 Å². The van der Waals surface area contributed by atoms with Gasteiger partial charge >= 0.3 is 0 Å². The maximum absolute atomic E-state index is 12.4. The Bertz CT molecular complexity index is 924. The number of benzene rings is 1. The molecule has 0 unspecified atom stereocenters. The van der Waals surface area contributed by atoms with Crippen LogP contribution in [0.5, 0.6) is 0 Å². The van der Waals surface area contributed by atoms with E-state index < -0.39 is 0 Å². The van der Waals surface area contributed by atoms with Gasteiger partial charge in [0, 0.05) is 38.0 Å². The molecule has 1 aliphatic heterocycles. The van der Waals surface area contributed by atoms with Gasteiger partial charge in [0.1, 0.15) is 0 Å². The van der Waals surface area contributed by atoms with Gasteiger partial charge in [0.15, 0.2) is 0 Å². The first-order valence-electron chi connectivity index (χ1n) is 9.52. The average Bonchev–Trinajstić information content (AvgIpc) is 2.66. The summed E-state index contributed by atoms with van der Waals surface area (Å²) in [6.45, 7) is 7.30. The summed E-state index contributed by atoms with van der Waals surface area (Å²) in [5.74, 6) is 0.0258. The van der Waals surface area contributed by atoms with Gasteiger partial charge in [-0.25, -0.2) is 0 Å². The number of nitrogens with zero attached hydrogens (tertiary/aromatic N) is 1. The predicted octanol–water partition coefficient (Wildman–Crippen LogP) is 2.06. The molecule has 2 amide bonds. The van der Waals surface area contributed by atoms with E-state index in [1.807, 2.05) is 26.0 Å². The van der Waals surface area contributed by atoms with Crippen LogP contribution in [0, 0.1) is 19.8 Å². The lowest BCUT2D eigenvalue weighted by molar-refractivity contribution is -0.133. The number of carbonyl (C=O) groups is 2. The molecule has 0 bridgehead atoms. The standard InChI is InChI=1S/C21H27N3O3/c1-13-4-5-17-12-18(21(27)23-19(17)14(13)2)6-9-22-20(26)16-7-10-24(11-8-16)15(3)25/h4-5,12,16H,6-11H2,1-3H3,(H,22,26)(H,23,27). The predicted molar refractivity (Wildman–Crippen MR) is 106 cm³/mol. The zero-order chi connectivity index (χ0) is 19.6. The lowest BCUT2D eigenvalue weighted by Crippen LogP contribution is -2.42. The van der Waals surface area contributed by atoms with Crippen molar-refractivity contribution in [1.29, 1.82) is 0 Å². The van der Waals surface area contributed by atoms with Gasteiger partial charge in [-0.3, -0.25) is 14.4 Å². The van der Waals surface area contributed by atoms with E-state index in [-0.39, 0.29) is 23.3 Å². The van der Waals surface area contributed by atoms with E-state index >= 15 is 0 Å². The van der Waals surface area contributed by atoms with Crippen LogP contribution in [0.4, 0.5) is 0 Å². The number of aromatic nitrogens is 1. The van der Waals surface area contributed by atoms with E-state index in [1.54, 1.807) is 11.8 Å². The number of hydrogen-bond donors (Lipinski definition) is 2. The third kappa shape index (κ3) is 4.21. The molecule has 0 aliphatic carbocycles. The normalized spacial score (nSPS) is 15.1. The second kappa shape index (κ2) is 7.94. The van der Waals surface area contributed by atoms with E-state index in [0.717, 1.165) is 22.0 Å². The summed E-state index contributed by atoms with van der Waals surface area (Å²) in [6, 6.07) is 5.98. The molecule has 2 N–H and O–H groups in total. The number of fused-ring (bicyclic) bond motifs is 1. The quantitative estimate of drug-likeness (QED) is 0.865. The zero-order valence-corrected chi connectivity index (χ0v) is 16.2. The molecule has 1 aliphatic rings. The Balaban J connectivity index is 1.58. The van der Waals surface area contributed by atoms with Gasteiger partial charge in [0.05, 0.1) is 5.52 Å². The maximum atomic E-state index is 12.4. The smallest absolute Gasteiger partial charge is 0.251 e. The summed E-state index contributed by atoms with van der Waals surface area (Å²) >= 11 is 0. The SMILES string of the molecule is CC(=O)N1CCC(C(=O)NCCc2cc3ccc(C)c(C)c3[nH]c2=O)CC1. The molecular formula is C21H27N3O3. The summed E-state index contributed by atoms with van der Waals surface area (Å²) in [5, 5.41) is 3.96. The number of piperidine rings is 1. The van der Waals surface area contributed by atoms with Crippen LogP contribution in [0.2, 0.25) is 0 Å². The number of likely N-dealkylation sites (tertiary alicyclic amines) is 1. The van der Waals surface area contributed by atoms with Gasteiger partial charge in [-0.15, -0.1) is 0 Å². The number of carbonyl (C=O) groups excluding carboxylic acids is 2. The molecule has 3 rings (SSSR count). The van der Waals surface area contributed by atoms with Crippen LogP contribution >= 0.6 is 0 Å². The minimum Gasteiger partial charge on any atom is -0.356 e. The highest BCUT2D eigenvalue weighted by Crippen LogP contribution is 2.19. The molecule has 1 fully saturated rings. The first kappa shape index (κ1) is 19.1. The molecule has 6 heteroatoms. The van der Waals surface area contributed by atoms with Crippen molar-refractivity contribution in [2.75, 3.05) is 19.6 Å². The van der Waals surface area contributed by atoms with E-state index in [0.29, 0.717) is 44.5 Å². The molecule has 1 aromatic carbocycles. The fraction of sp³-hybridized carbons (Fsp3) is 0.476. The molecule has 6 nitrogen and oxygen atoms in total. The Morgan fingerprint density at radius 2 is 1.93 bits per heavy atom. The van der Waals surface area contributed by atoms with Gasteiger partial charge in [-0.2, -0.15) is 0 Å². The van der Waals surface area contributed by atoms with Crippen molar-refractivity contribution >= 4 is 22.7 Å². The van der Waals surface area contributed by atoms with Crippen molar-refractivity contribution in [3.8, 4) is 0 Å². The fourth-order valence-corrected chi connectivity index (χ4v) is 3.68. The van der Waals surface area contributed by atoms with Crippen molar-refractivity contribution < 1.29 is 9.59 Å². The average molecular weight is 369 g/mol. The number of amides is 2. The van der Waals surface area contributed by atoms with Crippen LogP contribution in [-0.4, -0.2) is 41.3 Å². The Kier molecular flexibility index (Phi) is 5.63.